The molecular formula is C21H28O5. The molecule has 0 aromatic rings. The molecule has 4 aliphatic rings. The van der Waals surface area contributed by atoms with Crippen LogP contribution in [0.4, 0.5) is 0 Å². The molecule has 3 fully saturated rings. The second-order valence-electron chi connectivity index (χ2n) is 9.44. The molecule has 0 spiro atoms. The van der Waals surface area contributed by atoms with Crippen LogP contribution in [0.2, 0.25) is 0 Å². The van der Waals surface area contributed by atoms with Crippen molar-refractivity contribution in [1.29, 1.82) is 0 Å². The first kappa shape index (κ1) is 18.1. The smallest absolute Gasteiger partial charge is 0.169 e. The Morgan fingerprint density at radius 1 is 1.12 bits per heavy atom. The fourth-order valence-corrected chi connectivity index (χ4v) is 6.91. The van der Waals surface area contributed by atoms with Gasteiger partial charge in [0.1, 0.15) is 11.7 Å². The Bertz CT molecular complexity index is 739. The van der Waals surface area contributed by atoms with Gasteiger partial charge in [0.25, 0.3) is 0 Å². The van der Waals surface area contributed by atoms with Gasteiger partial charge in [-0.05, 0) is 67.9 Å². The first-order chi connectivity index (χ1) is 12.1. The van der Waals surface area contributed by atoms with E-state index < -0.39 is 17.1 Å². The van der Waals surface area contributed by atoms with E-state index >= 15 is 0 Å². The van der Waals surface area contributed by atoms with Crippen molar-refractivity contribution >= 4 is 17.3 Å². The maximum atomic E-state index is 13.2. The summed E-state index contributed by atoms with van der Waals surface area (Å²) in [4.78, 5) is 37.3. The normalized spacial score (nSPS) is 50.6. The van der Waals surface area contributed by atoms with Crippen molar-refractivity contribution in [3.05, 3.63) is 11.6 Å². The molecule has 0 heterocycles. The third-order valence-electron chi connectivity index (χ3n) is 8.58. The minimum atomic E-state index is -1.38. The summed E-state index contributed by atoms with van der Waals surface area (Å²) in [5.41, 5.74) is -1.78. The van der Waals surface area contributed by atoms with Gasteiger partial charge in [-0.25, -0.2) is 0 Å². The molecule has 0 amide bonds. The van der Waals surface area contributed by atoms with E-state index in [1.807, 2.05) is 6.92 Å². The second kappa shape index (κ2) is 5.35. The SMILES string of the molecule is CC(=O)[C@@]1(O)CC[C@H]2[C@@H]3C(=O)[C@@H](O)C4=CC(=O)CC[C@]4(C)[C@H]3CC[C@@]21C. The van der Waals surface area contributed by atoms with Gasteiger partial charge in [-0.3, -0.25) is 14.4 Å². The molecule has 0 bridgehead atoms. The number of hydrogen-bond donors (Lipinski definition) is 2. The quantitative estimate of drug-likeness (QED) is 0.746. The van der Waals surface area contributed by atoms with Crippen LogP contribution in [0.5, 0.6) is 0 Å². The summed E-state index contributed by atoms with van der Waals surface area (Å²) in [6, 6.07) is 0. The van der Waals surface area contributed by atoms with Crippen LogP contribution in [-0.2, 0) is 14.4 Å². The maximum Gasteiger partial charge on any atom is 0.169 e. The van der Waals surface area contributed by atoms with Gasteiger partial charge in [0, 0.05) is 17.8 Å². The van der Waals surface area contributed by atoms with Gasteiger partial charge >= 0.3 is 0 Å². The number of aliphatic hydroxyl groups excluding tert-OH is 1. The Morgan fingerprint density at radius 2 is 1.77 bits per heavy atom. The number of rotatable bonds is 1. The number of carbonyl (C=O) groups is 3. The van der Waals surface area contributed by atoms with E-state index in [9.17, 15) is 24.6 Å². The molecule has 4 rings (SSSR count). The molecule has 5 heteroatoms. The number of ketones is 3. The molecule has 7 atom stereocenters. The van der Waals surface area contributed by atoms with Gasteiger partial charge in [-0.2, -0.15) is 0 Å². The lowest BCUT2D eigenvalue weighted by Gasteiger charge is -2.58. The molecule has 0 aliphatic heterocycles. The van der Waals surface area contributed by atoms with E-state index in [0.29, 0.717) is 37.7 Å². The fraction of sp³-hybridized carbons (Fsp3) is 0.762. The number of aliphatic hydroxyl groups is 2. The lowest BCUT2D eigenvalue weighted by Crippen LogP contribution is -2.61. The Balaban J connectivity index is 1.80. The first-order valence-corrected chi connectivity index (χ1v) is 9.76. The Labute approximate surface area is 153 Å². The zero-order chi connectivity index (χ0) is 19.1. The molecule has 0 aromatic heterocycles. The van der Waals surface area contributed by atoms with E-state index in [-0.39, 0.29) is 40.5 Å². The van der Waals surface area contributed by atoms with Crippen molar-refractivity contribution < 1.29 is 24.6 Å². The topological polar surface area (TPSA) is 91.7 Å². The van der Waals surface area contributed by atoms with Crippen LogP contribution in [0.25, 0.3) is 0 Å². The van der Waals surface area contributed by atoms with E-state index in [1.54, 1.807) is 0 Å². The predicted octanol–water partition coefficient (Wildman–Crippen LogP) is 1.99. The molecular weight excluding hydrogens is 332 g/mol. The predicted molar refractivity (Wildman–Crippen MR) is 94.1 cm³/mol. The Kier molecular flexibility index (Phi) is 3.72. The highest BCUT2D eigenvalue weighted by atomic mass is 16.3. The van der Waals surface area contributed by atoms with E-state index in [1.165, 1.54) is 13.0 Å². The van der Waals surface area contributed by atoms with E-state index in [0.717, 1.165) is 6.42 Å². The summed E-state index contributed by atoms with van der Waals surface area (Å²) in [5, 5.41) is 21.9. The highest BCUT2D eigenvalue weighted by Gasteiger charge is 2.68. The van der Waals surface area contributed by atoms with Gasteiger partial charge < -0.3 is 10.2 Å². The van der Waals surface area contributed by atoms with Crippen molar-refractivity contribution in [1.82, 2.24) is 0 Å². The number of hydrogen-bond acceptors (Lipinski definition) is 5. The van der Waals surface area contributed by atoms with Gasteiger partial charge in [0.2, 0.25) is 0 Å². The molecule has 5 nitrogen and oxygen atoms in total. The molecule has 142 valence electrons. The summed E-state index contributed by atoms with van der Waals surface area (Å²) in [6.45, 7) is 5.46. The van der Waals surface area contributed by atoms with Crippen LogP contribution in [0.3, 0.4) is 0 Å². The van der Waals surface area contributed by atoms with Crippen LogP contribution in [0.1, 0.15) is 59.3 Å². The zero-order valence-corrected chi connectivity index (χ0v) is 15.7. The van der Waals surface area contributed by atoms with Gasteiger partial charge in [-0.1, -0.05) is 13.8 Å². The third kappa shape index (κ3) is 1.96. The summed E-state index contributed by atoms with van der Waals surface area (Å²) < 4.78 is 0. The molecule has 2 N–H and O–H groups in total. The van der Waals surface area contributed by atoms with Crippen molar-refractivity contribution in [3.63, 3.8) is 0 Å². The number of carbonyl (C=O) groups excluding carboxylic acids is 3. The molecule has 0 radical (unpaired) electrons. The van der Waals surface area contributed by atoms with Crippen molar-refractivity contribution in [3.8, 4) is 0 Å². The number of fused-ring (bicyclic) bond motifs is 5. The number of Topliss-reactive ketones (excluding diaryl/α,β-unsaturated/α-hetero) is 2. The zero-order valence-electron chi connectivity index (χ0n) is 15.7. The lowest BCUT2D eigenvalue weighted by molar-refractivity contribution is -0.169. The highest BCUT2D eigenvalue weighted by molar-refractivity contribution is 5.97. The molecule has 0 saturated heterocycles. The highest BCUT2D eigenvalue weighted by Crippen LogP contribution is 2.66. The Hall–Kier alpha value is -1.33. The largest absolute Gasteiger partial charge is 0.382 e. The molecule has 26 heavy (non-hydrogen) atoms. The van der Waals surface area contributed by atoms with E-state index in [2.05, 4.69) is 6.92 Å². The minimum Gasteiger partial charge on any atom is -0.382 e. The molecule has 3 saturated carbocycles. The average Bonchev–Trinajstić information content (AvgIpc) is 2.87. The van der Waals surface area contributed by atoms with Crippen molar-refractivity contribution in [2.24, 2.45) is 28.6 Å². The minimum absolute atomic E-state index is 0.0183. The van der Waals surface area contributed by atoms with Gasteiger partial charge in [0.05, 0.1) is 0 Å². The Morgan fingerprint density at radius 3 is 2.42 bits per heavy atom. The van der Waals surface area contributed by atoms with Crippen LogP contribution >= 0.6 is 0 Å². The molecule has 0 unspecified atom stereocenters. The first-order valence-electron chi connectivity index (χ1n) is 9.76. The van der Waals surface area contributed by atoms with Crippen LogP contribution in [0.15, 0.2) is 11.6 Å². The second-order valence-corrected chi connectivity index (χ2v) is 9.44. The summed E-state index contributed by atoms with van der Waals surface area (Å²) in [7, 11) is 0. The standard InChI is InChI=1S/C21H28O5/c1-11(22)21(26)9-6-14-16-13(5-8-20(14,21)3)19(2)7-4-12(23)10-15(19)17(24)18(16)25/h10,13-14,16-17,24,26H,4-9H2,1-3H3/t13-,14-,16+,17-,19+,20-,21-/m0/s1. The average molecular weight is 360 g/mol. The van der Waals surface area contributed by atoms with Crippen LogP contribution < -0.4 is 0 Å². The van der Waals surface area contributed by atoms with Crippen molar-refractivity contribution in [2.45, 2.75) is 71.0 Å². The van der Waals surface area contributed by atoms with Crippen LogP contribution in [-0.4, -0.2) is 39.3 Å². The maximum absolute atomic E-state index is 13.2. The van der Waals surface area contributed by atoms with Gasteiger partial charge in [-0.15, -0.1) is 0 Å². The van der Waals surface area contributed by atoms with Crippen LogP contribution in [0, 0.1) is 28.6 Å². The third-order valence-corrected chi connectivity index (χ3v) is 8.58. The summed E-state index contributed by atoms with van der Waals surface area (Å²) in [5.74, 6) is -0.863. The molecule has 0 aromatic carbocycles. The summed E-state index contributed by atoms with van der Waals surface area (Å²) >= 11 is 0. The lowest BCUT2D eigenvalue weighted by atomic mass is 9.45. The monoisotopic (exact) mass is 360 g/mol. The van der Waals surface area contributed by atoms with Gasteiger partial charge in [0.15, 0.2) is 17.3 Å². The summed E-state index contributed by atoms with van der Waals surface area (Å²) in [6.07, 6.45) is 3.79. The fourth-order valence-electron chi connectivity index (χ4n) is 6.91. The van der Waals surface area contributed by atoms with Crippen molar-refractivity contribution in [2.75, 3.05) is 0 Å². The van der Waals surface area contributed by atoms with E-state index in [4.69, 9.17) is 0 Å². The molecule has 4 aliphatic carbocycles.